The molecule has 0 unspecified atom stereocenters. The van der Waals surface area contributed by atoms with Gasteiger partial charge >= 0.3 is 5.97 Å². The number of benzene rings is 1. The number of aldehydes is 1. The van der Waals surface area contributed by atoms with E-state index in [4.69, 9.17) is 4.74 Å². The number of rotatable bonds is 4. The highest BCUT2D eigenvalue weighted by molar-refractivity contribution is 6.03. The molecule has 1 aromatic carbocycles. The number of hydrogen-bond donors (Lipinski definition) is 1. The number of nitrogens with one attached hydrogen (secondary N) is 1. The van der Waals surface area contributed by atoms with E-state index in [2.05, 4.69) is 4.98 Å². The van der Waals surface area contributed by atoms with Crippen LogP contribution in [0.3, 0.4) is 0 Å². The number of aromatic amines is 1. The Morgan fingerprint density at radius 3 is 2.94 bits per heavy atom. The Balaban J connectivity index is 2.41. The monoisotopic (exact) mass is 243 g/mol. The molecule has 0 bridgehead atoms. The van der Waals surface area contributed by atoms with Crippen LogP contribution in [0.1, 0.15) is 22.8 Å². The first-order valence-electron chi connectivity index (χ1n) is 5.66. The normalized spacial score (nSPS) is 10.9. The SMILES string of the molecule is CCOC(=O)C=Cc1cccc2[nH]cc(C=O)c12. The van der Waals surface area contributed by atoms with Crippen LogP contribution in [0.25, 0.3) is 17.0 Å². The zero-order valence-electron chi connectivity index (χ0n) is 9.97. The third-order valence-electron chi connectivity index (χ3n) is 2.58. The Kier molecular flexibility index (Phi) is 3.57. The summed E-state index contributed by atoms with van der Waals surface area (Å²) >= 11 is 0. The summed E-state index contributed by atoms with van der Waals surface area (Å²) < 4.78 is 4.81. The van der Waals surface area contributed by atoms with Crippen LogP contribution in [-0.2, 0) is 9.53 Å². The molecule has 1 N–H and O–H groups in total. The molecule has 0 aliphatic heterocycles. The molecule has 4 nitrogen and oxygen atoms in total. The summed E-state index contributed by atoms with van der Waals surface area (Å²) in [6.07, 6.45) is 5.46. The second-order valence-corrected chi connectivity index (χ2v) is 3.72. The first kappa shape index (κ1) is 12.1. The molecule has 0 amide bonds. The lowest BCUT2D eigenvalue weighted by Crippen LogP contribution is -1.98. The van der Waals surface area contributed by atoms with Crippen molar-refractivity contribution in [1.82, 2.24) is 4.98 Å². The number of carbonyl (C=O) groups is 2. The average Bonchev–Trinajstić information content (AvgIpc) is 2.80. The van der Waals surface area contributed by atoms with Crippen LogP contribution in [0.15, 0.2) is 30.5 Å². The van der Waals surface area contributed by atoms with E-state index in [0.717, 1.165) is 22.8 Å². The molecule has 0 saturated carbocycles. The highest BCUT2D eigenvalue weighted by Crippen LogP contribution is 2.22. The Morgan fingerprint density at radius 1 is 1.39 bits per heavy atom. The molecular weight excluding hydrogens is 230 g/mol. The summed E-state index contributed by atoms with van der Waals surface area (Å²) in [6.45, 7) is 2.10. The fourth-order valence-corrected chi connectivity index (χ4v) is 1.82. The molecular formula is C14H13NO3. The molecule has 2 rings (SSSR count). The van der Waals surface area contributed by atoms with E-state index in [-0.39, 0.29) is 0 Å². The molecule has 0 aliphatic carbocycles. The third-order valence-corrected chi connectivity index (χ3v) is 2.58. The van der Waals surface area contributed by atoms with E-state index in [1.54, 1.807) is 19.2 Å². The average molecular weight is 243 g/mol. The van der Waals surface area contributed by atoms with Crippen LogP contribution in [0.5, 0.6) is 0 Å². The number of esters is 1. The predicted octanol–water partition coefficient (Wildman–Crippen LogP) is 2.56. The third kappa shape index (κ3) is 2.32. The Morgan fingerprint density at radius 2 is 2.22 bits per heavy atom. The number of ether oxygens (including phenoxy) is 1. The fourth-order valence-electron chi connectivity index (χ4n) is 1.82. The van der Waals surface area contributed by atoms with Crippen LogP contribution in [-0.4, -0.2) is 23.8 Å². The number of aromatic nitrogens is 1. The molecule has 0 radical (unpaired) electrons. The highest BCUT2D eigenvalue weighted by Gasteiger charge is 2.06. The molecule has 1 heterocycles. The van der Waals surface area contributed by atoms with Gasteiger partial charge in [-0.15, -0.1) is 0 Å². The molecule has 0 fully saturated rings. The second-order valence-electron chi connectivity index (χ2n) is 3.72. The van der Waals surface area contributed by atoms with Crippen molar-refractivity contribution >= 4 is 29.2 Å². The number of carbonyl (C=O) groups excluding carboxylic acids is 2. The maximum atomic E-state index is 11.3. The predicted molar refractivity (Wildman–Crippen MR) is 69.4 cm³/mol. The van der Waals surface area contributed by atoms with Gasteiger partial charge in [0.1, 0.15) is 0 Å². The molecule has 0 aliphatic rings. The fraction of sp³-hybridized carbons (Fsp3) is 0.143. The summed E-state index contributed by atoms with van der Waals surface area (Å²) in [7, 11) is 0. The molecule has 2 aromatic rings. The largest absolute Gasteiger partial charge is 0.463 e. The standard InChI is InChI=1S/C14H13NO3/c1-2-18-13(17)7-6-10-4-3-5-12-14(10)11(9-16)8-15-12/h3-9,15H,2H2,1H3. The van der Waals surface area contributed by atoms with Gasteiger partial charge in [-0.1, -0.05) is 12.1 Å². The lowest BCUT2D eigenvalue weighted by atomic mass is 10.1. The van der Waals surface area contributed by atoms with Crippen molar-refractivity contribution in [1.29, 1.82) is 0 Å². The molecule has 0 atom stereocenters. The highest BCUT2D eigenvalue weighted by atomic mass is 16.5. The van der Waals surface area contributed by atoms with E-state index in [1.165, 1.54) is 6.08 Å². The molecule has 18 heavy (non-hydrogen) atoms. The van der Waals surface area contributed by atoms with E-state index < -0.39 is 5.97 Å². The topological polar surface area (TPSA) is 59.2 Å². The van der Waals surface area contributed by atoms with Gasteiger partial charge in [0.2, 0.25) is 0 Å². The van der Waals surface area contributed by atoms with Crippen molar-refractivity contribution in [3.63, 3.8) is 0 Å². The van der Waals surface area contributed by atoms with Gasteiger partial charge in [0.25, 0.3) is 0 Å². The van der Waals surface area contributed by atoms with E-state index in [0.29, 0.717) is 12.2 Å². The molecule has 4 heteroatoms. The molecule has 0 saturated heterocycles. The minimum atomic E-state index is -0.391. The summed E-state index contributed by atoms with van der Waals surface area (Å²) in [5.41, 5.74) is 2.25. The van der Waals surface area contributed by atoms with E-state index in [9.17, 15) is 9.59 Å². The van der Waals surface area contributed by atoms with Crippen LogP contribution in [0.2, 0.25) is 0 Å². The first-order valence-corrected chi connectivity index (χ1v) is 5.66. The van der Waals surface area contributed by atoms with Crippen molar-refractivity contribution in [3.8, 4) is 0 Å². The second kappa shape index (κ2) is 5.31. The molecule has 92 valence electrons. The smallest absolute Gasteiger partial charge is 0.330 e. The van der Waals surface area contributed by atoms with Crippen molar-refractivity contribution in [2.24, 2.45) is 0 Å². The summed E-state index contributed by atoms with van der Waals surface area (Å²) in [5, 5.41) is 0.813. The molecule has 1 aromatic heterocycles. The number of hydrogen-bond acceptors (Lipinski definition) is 3. The Hall–Kier alpha value is -2.36. The van der Waals surface area contributed by atoms with E-state index >= 15 is 0 Å². The Labute approximate surface area is 104 Å². The van der Waals surface area contributed by atoms with Gasteiger partial charge < -0.3 is 9.72 Å². The van der Waals surface area contributed by atoms with Gasteiger partial charge in [-0.3, -0.25) is 4.79 Å². The number of H-pyrrole nitrogens is 1. The van der Waals surface area contributed by atoms with Gasteiger partial charge in [-0.05, 0) is 24.6 Å². The summed E-state index contributed by atoms with van der Waals surface area (Å²) in [5.74, 6) is -0.391. The van der Waals surface area contributed by atoms with Crippen molar-refractivity contribution in [2.75, 3.05) is 6.61 Å². The van der Waals surface area contributed by atoms with Crippen LogP contribution < -0.4 is 0 Å². The minimum Gasteiger partial charge on any atom is -0.463 e. The zero-order chi connectivity index (χ0) is 13.0. The van der Waals surface area contributed by atoms with Crippen molar-refractivity contribution in [3.05, 3.63) is 41.6 Å². The van der Waals surface area contributed by atoms with Gasteiger partial charge in [-0.25, -0.2) is 4.79 Å². The van der Waals surface area contributed by atoms with Gasteiger partial charge in [0.15, 0.2) is 6.29 Å². The zero-order valence-corrected chi connectivity index (χ0v) is 9.97. The number of fused-ring (bicyclic) bond motifs is 1. The summed E-state index contributed by atoms with van der Waals surface area (Å²) in [6, 6.07) is 5.58. The first-order chi connectivity index (χ1) is 8.76. The Bertz CT molecular complexity index is 611. The van der Waals surface area contributed by atoms with Crippen LogP contribution >= 0.6 is 0 Å². The van der Waals surface area contributed by atoms with Gasteiger partial charge in [-0.2, -0.15) is 0 Å². The molecule has 0 spiro atoms. The van der Waals surface area contributed by atoms with Crippen molar-refractivity contribution in [2.45, 2.75) is 6.92 Å². The van der Waals surface area contributed by atoms with Gasteiger partial charge in [0.05, 0.1) is 6.61 Å². The lowest BCUT2D eigenvalue weighted by molar-refractivity contribution is -0.137. The quantitative estimate of drug-likeness (QED) is 0.510. The maximum absolute atomic E-state index is 11.3. The van der Waals surface area contributed by atoms with Crippen LogP contribution in [0.4, 0.5) is 0 Å². The van der Waals surface area contributed by atoms with Gasteiger partial charge in [0, 0.05) is 28.7 Å². The van der Waals surface area contributed by atoms with E-state index in [1.807, 2.05) is 18.2 Å². The lowest BCUT2D eigenvalue weighted by Gasteiger charge is -1.98. The van der Waals surface area contributed by atoms with Crippen LogP contribution in [0, 0.1) is 0 Å². The van der Waals surface area contributed by atoms with Crippen molar-refractivity contribution < 1.29 is 14.3 Å². The summed E-state index contributed by atoms with van der Waals surface area (Å²) in [4.78, 5) is 25.2. The minimum absolute atomic E-state index is 0.344. The maximum Gasteiger partial charge on any atom is 0.330 e.